The van der Waals surface area contributed by atoms with Gasteiger partial charge in [-0.1, -0.05) is 12.1 Å². The standard InChI is InChI=1S/C14H15BrN4O2/c1-14(2)6-8-4-3-5-9(11(8)21-14)20-13-10(15)12(19-16)17-7-18-13/h3-5,7H,6,16H2,1-2H3,(H,17,18,19). The van der Waals surface area contributed by atoms with Crippen LogP contribution < -0.4 is 20.7 Å². The van der Waals surface area contributed by atoms with Gasteiger partial charge in [0.15, 0.2) is 17.3 Å². The highest BCUT2D eigenvalue weighted by atomic mass is 79.9. The van der Waals surface area contributed by atoms with Crippen molar-refractivity contribution in [1.29, 1.82) is 0 Å². The second kappa shape index (κ2) is 5.16. The zero-order valence-corrected chi connectivity index (χ0v) is 13.3. The topological polar surface area (TPSA) is 82.3 Å². The van der Waals surface area contributed by atoms with Crippen LogP contribution in [-0.4, -0.2) is 15.6 Å². The summed E-state index contributed by atoms with van der Waals surface area (Å²) >= 11 is 3.37. The molecule has 2 aromatic rings. The number of para-hydroxylation sites is 1. The molecule has 0 bridgehead atoms. The van der Waals surface area contributed by atoms with Crippen LogP contribution in [0.15, 0.2) is 29.0 Å². The smallest absolute Gasteiger partial charge is 0.239 e. The molecule has 3 N–H and O–H groups in total. The molecule has 21 heavy (non-hydrogen) atoms. The fourth-order valence-electron chi connectivity index (χ4n) is 2.30. The van der Waals surface area contributed by atoms with Crippen molar-refractivity contribution < 1.29 is 9.47 Å². The van der Waals surface area contributed by atoms with E-state index in [2.05, 4.69) is 31.3 Å². The van der Waals surface area contributed by atoms with Gasteiger partial charge in [-0.15, -0.1) is 0 Å². The summed E-state index contributed by atoms with van der Waals surface area (Å²) in [6, 6.07) is 5.83. The SMILES string of the molecule is CC1(C)Cc2cccc(Oc3ncnc(NN)c3Br)c2O1. The molecule has 0 saturated heterocycles. The number of nitrogen functional groups attached to an aromatic ring is 1. The molecule has 2 heterocycles. The molecule has 3 rings (SSSR count). The number of aromatic nitrogens is 2. The Bertz CT molecular complexity index is 691. The van der Waals surface area contributed by atoms with Gasteiger partial charge in [0.25, 0.3) is 0 Å². The molecule has 0 saturated carbocycles. The summed E-state index contributed by atoms with van der Waals surface area (Å²) in [6.07, 6.45) is 2.23. The van der Waals surface area contributed by atoms with Gasteiger partial charge in [-0.25, -0.2) is 15.8 Å². The third-order valence-corrected chi connectivity index (χ3v) is 3.87. The summed E-state index contributed by atoms with van der Waals surface area (Å²) in [5.74, 6) is 7.60. The number of anilines is 1. The normalized spacial score (nSPS) is 15.2. The van der Waals surface area contributed by atoms with E-state index in [0.717, 1.165) is 17.7 Å². The number of hydrogen-bond donors (Lipinski definition) is 2. The Labute approximate surface area is 130 Å². The van der Waals surface area contributed by atoms with Gasteiger partial charge in [0.2, 0.25) is 5.88 Å². The minimum absolute atomic E-state index is 0.228. The van der Waals surface area contributed by atoms with Crippen molar-refractivity contribution in [3.05, 3.63) is 34.6 Å². The maximum Gasteiger partial charge on any atom is 0.239 e. The molecule has 1 aromatic heterocycles. The molecule has 0 fully saturated rings. The Balaban J connectivity index is 1.96. The van der Waals surface area contributed by atoms with Crippen molar-refractivity contribution >= 4 is 21.7 Å². The van der Waals surface area contributed by atoms with Gasteiger partial charge >= 0.3 is 0 Å². The number of halogens is 1. The number of nitrogens with two attached hydrogens (primary N) is 1. The summed E-state index contributed by atoms with van der Waals surface area (Å²) in [4.78, 5) is 8.10. The highest BCUT2D eigenvalue weighted by molar-refractivity contribution is 9.10. The number of ether oxygens (including phenoxy) is 2. The first-order chi connectivity index (χ1) is 10.00. The number of hydrogen-bond acceptors (Lipinski definition) is 6. The fraction of sp³-hybridized carbons (Fsp3) is 0.286. The van der Waals surface area contributed by atoms with Gasteiger partial charge in [0.05, 0.1) is 0 Å². The third kappa shape index (κ3) is 2.66. The van der Waals surface area contributed by atoms with Gasteiger partial charge in [-0.3, -0.25) is 0 Å². The van der Waals surface area contributed by atoms with Gasteiger partial charge < -0.3 is 14.9 Å². The van der Waals surface area contributed by atoms with Crippen LogP contribution in [0.2, 0.25) is 0 Å². The zero-order valence-electron chi connectivity index (χ0n) is 11.7. The van der Waals surface area contributed by atoms with E-state index in [1.165, 1.54) is 6.33 Å². The van der Waals surface area contributed by atoms with Crippen LogP contribution in [0.5, 0.6) is 17.4 Å². The molecule has 0 atom stereocenters. The van der Waals surface area contributed by atoms with Crippen LogP contribution in [-0.2, 0) is 6.42 Å². The Morgan fingerprint density at radius 1 is 1.38 bits per heavy atom. The van der Waals surface area contributed by atoms with Crippen LogP contribution in [0.1, 0.15) is 19.4 Å². The molecule has 1 aliphatic heterocycles. The van der Waals surface area contributed by atoms with Gasteiger partial charge in [-0.05, 0) is 35.8 Å². The van der Waals surface area contributed by atoms with E-state index in [4.69, 9.17) is 15.3 Å². The third-order valence-electron chi connectivity index (χ3n) is 3.16. The second-order valence-corrected chi connectivity index (χ2v) is 6.16. The summed E-state index contributed by atoms with van der Waals surface area (Å²) in [5, 5.41) is 0. The van der Waals surface area contributed by atoms with E-state index in [9.17, 15) is 0 Å². The van der Waals surface area contributed by atoms with Gasteiger partial charge in [-0.2, -0.15) is 0 Å². The molecule has 1 aliphatic rings. The first-order valence-electron chi connectivity index (χ1n) is 6.46. The Morgan fingerprint density at radius 3 is 2.95 bits per heavy atom. The molecule has 0 amide bonds. The van der Waals surface area contributed by atoms with Crippen LogP contribution in [0.25, 0.3) is 0 Å². The average molecular weight is 351 g/mol. The van der Waals surface area contributed by atoms with E-state index in [-0.39, 0.29) is 5.60 Å². The van der Waals surface area contributed by atoms with E-state index >= 15 is 0 Å². The predicted molar refractivity (Wildman–Crippen MR) is 82.5 cm³/mol. The molecular weight excluding hydrogens is 336 g/mol. The van der Waals surface area contributed by atoms with Crippen LogP contribution in [0, 0.1) is 0 Å². The van der Waals surface area contributed by atoms with Crippen LogP contribution in [0.4, 0.5) is 5.82 Å². The van der Waals surface area contributed by atoms with Gasteiger partial charge in [0.1, 0.15) is 16.4 Å². The molecule has 0 radical (unpaired) electrons. The highest BCUT2D eigenvalue weighted by Gasteiger charge is 2.32. The second-order valence-electron chi connectivity index (χ2n) is 5.37. The van der Waals surface area contributed by atoms with Crippen molar-refractivity contribution in [1.82, 2.24) is 9.97 Å². The van der Waals surface area contributed by atoms with E-state index in [0.29, 0.717) is 21.9 Å². The monoisotopic (exact) mass is 350 g/mol. The summed E-state index contributed by atoms with van der Waals surface area (Å²) in [5.41, 5.74) is 3.37. The lowest BCUT2D eigenvalue weighted by molar-refractivity contribution is 0.135. The molecule has 0 spiro atoms. The van der Waals surface area contributed by atoms with Crippen molar-refractivity contribution in [2.24, 2.45) is 5.84 Å². The lowest BCUT2D eigenvalue weighted by atomic mass is 10.0. The minimum Gasteiger partial charge on any atom is -0.483 e. The summed E-state index contributed by atoms with van der Waals surface area (Å²) in [6.45, 7) is 4.10. The molecular formula is C14H15BrN4O2. The maximum atomic E-state index is 5.97. The lowest BCUT2D eigenvalue weighted by Crippen LogP contribution is -2.24. The van der Waals surface area contributed by atoms with Crippen molar-refractivity contribution in [3.8, 4) is 17.4 Å². The number of nitrogens with one attached hydrogen (secondary N) is 1. The largest absolute Gasteiger partial charge is 0.483 e. The molecule has 0 unspecified atom stereocenters. The van der Waals surface area contributed by atoms with Crippen LogP contribution >= 0.6 is 15.9 Å². The number of fused-ring (bicyclic) bond motifs is 1. The summed E-state index contributed by atoms with van der Waals surface area (Å²) < 4.78 is 12.4. The predicted octanol–water partition coefficient (Wildman–Crippen LogP) is 3.03. The average Bonchev–Trinajstić information content (AvgIpc) is 2.76. The number of hydrazine groups is 1. The molecule has 7 heteroatoms. The Morgan fingerprint density at radius 2 is 2.19 bits per heavy atom. The Kier molecular flexibility index (Phi) is 3.46. The molecule has 1 aromatic carbocycles. The van der Waals surface area contributed by atoms with Crippen molar-refractivity contribution in [3.63, 3.8) is 0 Å². The molecule has 110 valence electrons. The quantitative estimate of drug-likeness (QED) is 0.653. The highest BCUT2D eigenvalue weighted by Crippen LogP contribution is 2.44. The fourth-order valence-corrected chi connectivity index (χ4v) is 2.70. The zero-order chi connectivity index (χ0) is 15.0. The van der Waals surface area contributed by atoms with Crippen molar-refractivity contribution in [2.45, 2.75) is 25.9 Å². The van der Waals surface area contributed by atoms with Crippen LogP contribution in [0.3, 0.4) is 0 Å². The number of benzene rings is 1. The maximum absolute atomic E-state index is 5.97. The first-order valence-corrected chi connectivity index (χ1v) is 7.25. The minimum atomic E-state index is -0.228. The first kappa shape index (κ1) is 14.1. The lowest BCUT2D eigenvalue weighted by Gasteiger charge is -2.18. The summed E-state index contributed by atoms with van der Waals surface area (Å²) in [7, 11) is 0. The van der Waals surface area contributed by atoms with E-state index in [1.807, 2.05) is 32.0 Å². The number of nitrogens with zero attached hydrogens (tertiary/aromatic N) is 2. The van der Waals surface area contributed by atoms with E-state index in [1.54, 1.807) is 0 Å². The van der Waals surface area contributed by atoms with E-state index < -0.39 is 0 Å². The number of rotatable bonds is 3. The van der Waals surface area contributed by atoms with Gasteiger partial charge in [0, 0.05) is 12.0 Å². The van der Waals surface area contributed by atoms with Crippen molar-refractivity contribution in [2.75, 3.05) is 5.43 Å². The Hall–Kier alpha value is -1.86. The molecule has 6 nitrogen and oxygen atoms in total. The molecule has 0 aliphatic carbocycles.